The molecular formula is C8H16O5. The Morgan fingerprint density at radius 2 is 2.08 bits per heavy atom. The lowest BCUT2D eigenvalue weighted by atomic mass is 9.86. The average Bonchev–Trinajstić information content (AvgIpc) is 2.15. The van der Waals surface area contributed by atoms with E-state index in [1.54, 1.807) is 6.92 Å². The van der Waals surface area contributed by atoms with Crippen LogP contribution in [0.5, 0.6) is 0 Å². The maximum atomic E-state index is 9.72. The zero-order valence-electron chi connectivity index (χ0n) is 7.55. The van der Waals surface area contributed by atoms with Crippen LogP contribution in [0.25, 0.3) is 0 Å². The summed E-state index contributed by atoms with van der Waals surface area (Å²) < 4.78 is 5.01. The molecule has 5 heteroatoms. The van der Waals surface area contributed by atoms with Gasteiger partial charge in [0.15, 0.2) is 0 Å². The van der Waals surface area contributed by atoms with E-state index in [0.29, 0.717) is 6.42 Å². The molecule has 0 saturated carbocycles. The number of hydrogen-bond acceptors (Lipinski definition) is 5. The molecule has 1 heterocycles. The van der Waals surface area contributed by atoms with Crippen LogP contribution in [-0.2, 0) is 4.74 Å². The van der Waals surface area contributed by atoms with Crippen molar-refractivity contribution in [1.82, 2.24) is 0 Å². The monoisotopic (exact) mass is 192 g/mol. The molecule has 0 radical (unpaired) electrons. The van der Waals surface area contributed by atoms with Crippen LogP contribution in [0.2, 0.25) is 0 Å². The van der Waals surface area contributed by atoms with Crippen molar-refractivity contribution >= 4 is 0 Å². The molecule has 1 rings (SSSR count). The third-order valence-electron chi connectivity index (χ3n) is 2.59. The van der Waals surface area contributed by atoms with Gasteiger partial charge in [-0.25, -0.2) is 0 Å². The summed E-state index contributed by atoms with van der Waals surface area (Å²) >= 11 is 0. The van der Waals surface area contributed by atoms with E-state index >= 15 is 0 Å². The molecule has 1 aliphatic heterocycles. The zero-order valence-corrected chi connectivity index (χ0v) is 7.55. The first kappa shape index (κ1) is 10.9. The van der Waals surface area contributed by atoms with E-state index in [-0.39, 0.29) is 13.2 Å². The molecule has 0 amide bonds. The first-order valence-electron chi connectivity index (χ1n) is 4.36. The molecular weight excluding hydrogens is 176 g/mol. The standard InChI is InChI=1S/C8H16O5/c1-2-8(12)4-13-5(3-9)6(10)7(8)11/h5-7,9-12H,2-4H2,1H3/t5-,6-,7+,8+/m1/s1. The third kappa shape index (κ3) is 1.84. The maximum absolute atomic E-state index is 9.72. The Morgan fingerprint density at radius 3 is 2.54 bits per heavy atom. The van der Waals surface area contributed by atoms with Crippen molar-refractivity contribution in [3.63, 3.8) is 0 Å². The molecule has 0 aromatic carbocycles. The van der Waals surface area contributed by atoms with Gasteiger partial charge in [0.05, 0.1) is 13.2 Å². The van der Waals surface area contributed by atoms with Gasteiger partial charge in [-0.2, -0.15) is 0 Å². The maximum Gasteiger partial charge on any atom is 0.116 e. The molecule has 0 spiro atoms. The van der Waals surface area contributed by atoms with Crippen molar-refractivity contribution in [2.24, 2.45) is 0 Å². The molecule has 0 aliphatic carbocycles. The van der Waals surface area contributed by atoms with Crippen molar-refractivity contribution in [3.8, 4) is 0 Å². The highest BCUT2D eigenvalue weighted by molar-refractivity contribution is 4.96. The van der Waals surface area contributed by atoms with Gasteiger partial charge in [-0.05, 0) is 6.42 Å². The molecule has 0 aromatic heterocycles. The summed E-state index contributed by atoms with van der Waals surface area (Å²) in [7, 11) is 0. The predicted octanol–water partition coefficient (Wildman–Crippen LogP) is -1.76. The van der Waals surface area contributed by atoms with E-state index < -0.39 is 23.9 Å². The lowest BCUT2D eigenvalue weighted by Gasteiger charge is -2.42. The number of ether oxygens (including phenoxy) is 1. The van der Waals surface area contributed by atoms with Crippen molar-refractivity contribution in [1.29, 1.82) is 0 Å². The highest BCUT2D eigenvalue weighted by Gasteiger charge is 2.46. The van der Waals surface area contributed by atoms with Gasteiger partial charge in [-0.15, -0.1) is 0 Å². The van der Waals surface area contributed by atoms with E-state index in [1.807, 2.05) is 0 Å². The summed E-state index contributed by atoms with van der Waals surface area (Å²) in [5, 5.41) is 37.4. The Kier molecular flexibility index (Phi) is 3.26. The Morgan fingerprint density at radius 1 is 1.46 bits per heavy atom. The molecule has 0 bridgehead atoms. The molecule has 78 valence electrons. The third-order valence-corrected chi connectivity index (χ3v) is 2.59. The molecule has 4 N–H and O–H groups in total. The van der Waals surface area contributed by atoms with Gasteiger partial charge in [0.1, 0.15) is 23.9 Å². The van der Waals surface area contributed by atoms with Gasteiger partial charge in [0, 0.05) is 0 Å². The van der Waals surface area contributed by atoms with Gasteiger partial charge >= 0.3 is 0 Å². The minimum atomic E-state index is -1.40. The quantitative estimate of drug-likeness (QED) is 0.416. The molecule has 1 aliphatic rings. The predicted molar refractivity (Wildman–Crippen MR) is 44.1 cm³/mol. The number of aliphatic hydroxyl groups is 4. The Hall–Kier alpha value is -0.200. The molecule has 4 atom stereocenters. The van der Waals surface area contributed by atoms with Crippen molar-refractivity contribution < 1.29 is 25.2 Å². The summed E-state index contributed by atoms with van der Waals surface area (Å²) in [4.78, 5) is 0. The summed E-state index contributed by atoms with van der Waals surface area (Å²) in [6.45, 7) is 1.27. The van der Waals surface area contributed by atoms with Crippen LogP contribution in [0, 0.1) is 0 Å². The highest BCUT2D eigenvalue weighted by Crippen LogP contribution is 2.26. The molecule has 13 heavy (non-hydrogen) atoms. The van der Waals surface area contributed by atoms with Crippen LogP contribution in [0.15, 0.2) is 0 Å². The van der Waals surface area contributed by atoms with Crippen LogP contribution in [0.3, 0.4) is 0 Å². The molecule has 1 saturated heterocycles. The van der Waals surface area contributed by atoms with Crippen molar-refractivity contribution in [2.75, 3.05) is 13.2 Å². The van der Waals surface area contributed by atoms with Gasteiger partial charge in [-0.1, -0.05) is 6.92 Å². The Labute approximate surface area is 76.6 Å². The molecule has 0 aromatic rings. The number of aliphatic hydroxyl groups excluding tert-OH is 3. The molecule has 1 fully saturated rings. The number of hydrogen-bond donors (Lipinski definition) is 4. The summed E-state index contributed by atoms with van der Waals surface area (Å²) in [5.74, 6) is 0. The molecule has 0 unspecified atom stereocenters. The van der Waals surface area contributed by atoms with E-state index in [0.717, 1.165) is 0 Å². The fourth-order valence-corrected chi connectivity index (χ4v) is 1.43. The lowest BCUT2D eigenvalue weighted by molar-refractivity contribution is -0.240. The van der Waals surface area contributed by atoms with Crippen molar-refractivity contribution in [3.05, 3.63) is 0 Å². The smallest absolute Gasteiger partial charge is 0.116 e. The van der Waals surface area contributed by atoms with E-state index in [1.165, 1.54) is 0 Å². The van der Waals surface area contributed by atoms with Crippen LogP contribution >= 0.6 is 0 Å². The first-order chi connectivity index (χ1) is 6.05. The first-order valence-corrected chi connectivity index (χ1v) is 4.36. The number of rotatable bonds is 2. The normalized spacial score (nSPS) is 46.4. The summed E-state index contributed by atoms with van der Waals surface area (Å²) in [6, 6.07) is 0. The second-order valence-electron chi connectivity index (χ2n) is 3.42. The summed E-state index contributed by atoms with van der Waals surface area (Å²) in [5.41, 5.74) is -1.40. The topological polar surface area (TPSA) is 90.2 Å². The second kappa shape index (κ2) is 3.89. The fourth-order valence-electron chi connectivity index (χ4n) is 1.43. The van der Waals surface area contributed by atoms with Gasteiger partial charge in [-0.3, -0.25) is 0 Å². The van der Waals surface area contributed by atoms with Crippen LogP contribution in [-0.4, -0.2) is 57.6 Å². The van der Waals surface area contributed by atoms with Crippen LogP contribution < -0.4 is 0 Å². The van der Waals surface area contributed by atoms with Gasteiger partial charge in [0.25, 0.3) is 0 Å². The largest absolute Gasteiger partial charge is 0.394 e. The van der Waals surface area contributed by atoms with E-state index in [4.69, 9.17) is 9.84 Å². The lowest BCUT2D eigenvalue weighted by Crippen LogP contribution is -2.61. The van der Waals surface area contributed by atoms with Gasteiger partial charge in [0.2, 0.25) is 0 Å². The minimum absolute atomic E-state index is 0.0625. The van der Waals surface area contributed by atoms with Crippen LogP contribution in [0.1, 0.15) is 13.3 Å². The fraction of sp³-hybridized carbons (Fsp3) is 1.00. The Bertz CT molecular complexity index is 174. The molecule has 5 nitrogen and oxygen atoms in total. The highest BCUT2D eigenvalue weighted by atomic mass is 16.5. The zero-order chi connectivity index (χ0) is 10.1. The van der Waals surface area contributed by atoms with Crippen molar-refractivity contribution in [2.45, 2.75) is 37.3 Å². The van der Waals surface area contributed by atoms with Crippen LogP contribution in [0.4, 0.5) is 0 Å². The average molecular weight is 192 g/mol. The van der Waals surface area contributed by atoms with E-state index in [2.05, 4.69) is 0 Å². The SMILES string of the molecule is CC[C@]1(O)CO[C@H](CO)[C@@H](O)[C@@H]1O. The van der Waals surface area contributed by atoms with E-state index in [9.17, 15) is 15.3 Å². The minimum Gasteiger partial charge on any atom is -0.394 e. The summed E-state index contributed by atoms with van der Waals surface area (Å²) in [6.07, 6.45) is -3.00. The second-order valence-corrected chi connectivity index (χ2v) is 3.42. The Balaban J connectivity index is 2.69. The van der Waals surface area contributed by atoms with Gasteiger partial charge < -0.3 is 25.2 Å².